The fourth-order valence-electron chi connectivity index (χ4n) is 3.97. The van der Waals surface area contributed by atoms with Gasteiger partial charge in [0, 0.05) is 24.4 Å². The molecule has 3 aliphatic heterocycles. The van der Waals surface area contributed by atoms with Gasteiger partial charge in [0.15, 0.2) is 15.0 Å². The number of nitrogens with one attached hydrogen (secondary N) is 1. The summed E-state index contributed by atoms with van der Waals surface area (Å²) in [5, 5.41) is 2.71. The van der Waals surface area contributed by atoms with Crippen LogP contribution in [0.4, 0.5) is 5.69 Å². The second-order valence-corrected chi connectivity index (χ2v) is 11.2. The number of thioether (sulfide) groups is 1. The van der Waals surface area contributed by atoms with Gasteiger partial charge in [0.05, 0.1) is 29.0 Å². The molecule has 2 atom stereocenters. The molecule has 1 N–H and O–H groups in total. The van der Waals surface area contributed by atoms with Gasteiger partial charge in [-0.3, -0.25) is 9.80 Å². The molecule has 1 aromatic carbocycles. The van der Waals surface area contributed by atoms with Crippen LogP contribution in [0.15, 0.2) is 41.5 Å². The van der Waals surface area contributed by atoms with Gasteiger partial charge in [0.25, 0.3) is 0 Å². The van der Waals surface area contributed by atoms with E-state index in [2.05, 4.69) is 17.6 Å². The Morgan fingerprint density at radius 2 is 2.17 bits per heavy atom. The first kappa shape index (κ1) is 20.3. The van der Waals surface area contributed by atoms with Crippen LogP contribution in [-0.2, 0) is 14.6 Å². The van der Waals surface area contributed by atoms with E-state index in [1.165, 1.54) is 11.8 Å². The molecule has 9 heteroatoms. The normalized spacial score (nSPS) is 24.1. The summed E-state index contributed by atoms with van der Waals surface area (Å²) in [6, 6.07) is 7.85. The van der Waals surface area contributed by atoms with E-state index in [0.29, 0.717) is 13.0 Å². The van der Waals surface area contributed by atoms with Crippen LogP contribution in [-0.4, -0.2) is 59.2 Å². The molecule has 156 valence electrons. The highest BCUT2D eigenvalue weighted by Crippen LogP contribution is 2.38. The molecule has 1 amide bonds. The lowest BCUT2D eigenvalue weighted by Crippen LogP contribution is -2.45. The fourth-order valence-corrected chi connectivity index (χ4v) is 6.59. The maximum Gasteiger partial charge on any atom is 0.233 e. The minimum atomic E-state index is -3.04. The highest BCUT2D eigenvalue weighted by Gasteiger charge is 2.36. The van der Waals surface area contributed by atoms with Crippen LogP contribution in [0.2, 0.25) is 0 Å². The van der Waals surface area contributed by atoms with E-state index < -0.39 is 9.84 Å². The number of carbonyl (C=O) groups is 1. The van der Waals surface area contributed by atoms with Gasteiger partial charge < -0.3 is 10.3 Å². The summed E-state index contributed by atoms with van der Waals surface area (Å²) in [6.07, 6.45) is 4.49. The number of amides is 1. The number of hydrogen-bond donors (Lipinski definition) is 1. The predicted octanol–water partition coefficient (Wildman–Crippen LogP) is 2.47. The Bertz CT molecular complexity index is 958. The van der Waals surface area contributed by atoms with Crippen molar-refractivity contribution in [2.24, 2.45) is 10.9 Å². The Kier molecular flexibility index (Phi) is 5.61. The third-order valence-electron chi connectivity index (χ3n) is 5.30. The smallest absolute Gasteiger partial charge is 0.233 e. The third-order valence-corrected chi connectivity index (χ3v) is 7.99. The number of aliphatic imine (C=N–C) groups is 1. The van der Waals surface area contributed by atoms with Crippen molar-refractivity contribution in [1.29, 1.82) is 0 Å². The van der Waals surface area contributed by atoms with Gasteiger partial charge in [0.1, 0.15) is 0 Å². The van der Waals surface area contributed by atoms with Crippen molar-refractivity contribution < 1.29 is 13.2 Å². The van der Waals surface area contributed by atoms with E-state index in [1.54, 1.807) is 4.90 Å². The summed E-state index contributed by atoms with van der Waals surface area (Å²) in [5.41, 5.74) is 5.24. The average Bonchev–Trinajstić information content (AvgIpc) is 3.30. The molecular weight excluding hydrogens is 408 g/mol. The van der Waals surface area contributed by atoms with Crippen molar-refractivity contribution >= 4 is 38.4 Å². The van der Waals surface area contributed by atoms with Crippen molar-refractivity contribution in [1.82, 2.24) is 15.3 Å². The number of nitrogens with zero attached hydrogens (tertiary/aromatic N) is 3. The highest BCUT2D eigenvalue weighted by atomic mass is 32.2. The summed E-state index contributed by atoms with van der Waals surface area (Å²) >= 11 is 1.39. The molecule has 0 spiro atoms. The van der Waals surface area contributed by atoms with Crippen molar-refractivity contribution in [3.63, 3.8) is 0 Å². The van der Waals surface area contributed by atoms with E-state index in [4.69, 9.17) is 4.99 Å². The van der Waals surface area contributed by atoms with Crippen LogP contribution in [0.25, 0.3) is 0 Å². The van der Waals surface area contributed by atoms with Gasteiger partial charge >= 0.3 is 0 Å². The van der Waals surface area contributed by atoms with E-state index in [-0.39, 0.29) is 41.2 Å². The number of benzene rings is 1. The number of sulfone groups is 1. The van der Waals surface area contributed by atoms with Crippen LogP contribution in [0, 0.1) is 5.92 Å². The van der Waals surface area contributed by atoms with Crippen LogP contribution in [0.3, 0.4) is 0 Å². The molecular formula is C20H26N4O3S2. The van der Waals surface area contributed by atoms with E-state index >= 15 is 0 Å². The quantitative estimate of drug-likeness (QED) is 0.767. The zero-order chi connectivity index (χ0) is 20.6. The lowest BCUT2D eigenvalue weighted by atomic mass is 10.0. The molecule has 1 aromatic rings. The van der Waals surface area contributed by atoms with E-state index in [9.17, 15) is 13.2 Å². The molecule has 1 fully saturated rings. The second kappa shape index (κ2) is 8.02. The standard InChI is InChI=1S/C20H26N4O3S2/c1-14(2)11-23(15-8-10-29(26,27)13-15)19(25)12-28-20-22-17-6-4-3-5-16(17)18-7-9-21-24(18)20/h3-7,9,14-15,18,21H,8,10-13H2,1-2H3/t15-,18-/m1/s1. The summed E-state index contributed by atoms with van der Waals surface area (Å²) in [5.74, 6) is 0.719. The summed E-state index contributed by atoms with van der Waals surface area (Å²) < 4.78 is 23.8. The lowest BCUT2D eigenvalue weighted by molar-refractivity contribution is -0.130. The molecule has 0 bridgehead atoms. The van der Waals surface area contributed by atoms with Gasteiger partial charge in [-0.1, -0.05) is 43.8 Å². The first-order chi connectivity index (χ1) is 13.8. The number of fused-ring (bicyclic) bond motifs is 3. The molecule has 0 unspecified atom stereocenters. The molecule has 4 rings (SSSR count). The molecule has 0 saturated carbocycles. The minimum absolute atomic E-state index is 0.0314. The molecule has 0 aromatic heterocycles. The SMILES string of the molecule is CC(C)CN(C(=O)CSC1=Nc2ccccc2[C@H]2C=CNN12)[C@@H]1CCS(=O)(=O)C1. The van der Waals surface area contributed by atoms with Crippen molar-refractivity contribution in [3.8, 4) is 0 Å². The van der Waals surface area contributed by atoms with Crippen molar-refractivity contribution in [2.75, 3.05) is 23.8 Å². The largest absolute Gasteiger partial charge is 0.338 e. The molecule has 29 heavy (non-hydrogen) atoms. The van der Waals surface area contributed by atoms with Crippen molar-refractivity contribution in [2.45, 2.75) is 32.4 Å². The number of carbonyl (C=O) groups excluding carboxylic acids is 1. The van der Waals surface area contributed by atoms with Crippen LogP contribution in [0.5, 0.6) is 0 Å². The van der Waals surface area contributed by atoms with Gasteiger partial charge in [-0.25, -0.2) is 13.4 Å². The van der Waals surface area contributed by atoms with Crippen LogP contribution in [0.1, 0.15) is 31.9 Å². The van der Waals surface area contributed by atoms with Gasteiger partial charge in [0.2, 0.25) is 5.91 Å². The van der Waals surface area contributed by atoms with E-state index in [0.717, 1.165) is 16.4 Å². The Morgan fingerprint density at radius 1 is 1.38 bits per heavy atom. The number of amidine groups is 1. The molecule has 0 radical (unpaired) electrons. The molecule has 7 nitrogen and oxygen atoms in total. The minimum Gasteiger partial charge on any atom is -0.338 e. The Balaban J connectivity index is 1.48. The van der Waals surface area contributed by atoms with Gasteiger partial charge in [-0.2, -0.15) is 0 Å². The number of hydrogen-bond acceptors (Lipinski definition) is 7. The topological polar surface area (TPSA) is 82.1 Å². The zero-order valence-electron chi connectivity index (χ0n) is 16.6. The maximum atomic E-state index is 13.1. The lowest BCUT2D eigenvalue weighted by Gasteiger charge is -2.33. The Morgan fingerprint density at radius 3 is 2.90 bits per heavy atom. The first-order valence-electron chi connectivity index (χ1n) is 9.86. The predicted molar refractivity (Wildman–Crippen MR) is 116 cm³/mol. The number of para-hydroxylation sites is 1. The van der Waals surface area contributed by atoms with Gasteiger partial charge in [-0.05, 0) is 24.5 Å². The van der Waals surface area contributed by atoms with Crippen molar-refractivity contribution in [3.05, 3.63) is 42.1 Å². The maximum absolute atomic E-state index is 13.1. The summed E-state index contributed by atoms with van der Waals surface area (Å²) in [7, 11) is -3.04. The van der Waals surface area contributed by atoms with Crippen LogP contribution < -0.4 is 5.43 Å². The first-order valence-corrected chi connectivity index (χ1v) is 12.7. The average molecular weight is 435 g/mol. The number of hydrazine groups is 1. The zero-order valence-corrected chi connectivity index (χ0v) is 18.2. The number of rotatable bonds is 5. The van der Waals surface area contributed by atoms with E-state index in [1.807, 2.05) is 43.3 Å². The van der Waals surface area contributed by atoms with Crippen LogP contribution >= 0.6 is 11.8 Å². The molecule has 3 heterocycles. The van der Waals surface area contributed by atoms with Gasteiger partial charge in [-0.15, -0.1) is 0 Å². The highest BCUT2D eigenvalue weighted by molar-refractivity contribution is 8.14. The third kappa shape index (κ3) is 4.30. The monoisotopic (exact) mass is 434 g/mol. The fraction of sp³-hybridized carbons (Fsp3) is 0.500. The molecule has 1 saturated heterocycles. The Hall–Kier alpha value is -2.00. The molecule has 3 aliphatic rings. The summed E-state index contributed by atoms with van der Waals surface area (Å²) in [6.45, 7) is 4.66. The molecule has 0 aliphatic carbocycles. The summed E-state index contributed by atoms with van der Waals surface area (Å²) in [4.78, 5) is 19.6. The Labute approximate surface area is 176 Å². The second-order valence-electron chi connectivity index (χ2n) is 8.04.